The van der Waals surface area contributed by atoms with Gasteiger partial charge in [0.2, 0.25) is 0 Å². The average Bonchev–Trinajstić information content (AvgIpc) is 2.75. The second-order valence-electron chi connectivity index (χ2n) is 11.7. The van der Waals surface area contributed by atoms with Gasteiger partial charge in [0, 0.05) is 0 Å². The van der Waals surface area contributed by atoms with Crippen LogP contribution in [0.2, 0.25) is 0 Å². The van der Waals surface area contributed by atoms with Gasteiger partial charge >= 0.3 is 11.9 Å². The van der Waals surface area contributed by atoms with Gasteiger partial charge in [0.25, 0.3) is 0 Å². The first-order valence-electron chi connectivity index (χ1n) is 14.6. The molecule has 0 spiro atoms. The summed E-state index contributed by atoms with van der Waals surface area (Å²) >= 11 is 0. The van der Waals surface area contributed by atoms with Crippen LogP contribution >= 0.6 is 0 Å². The van der Waals surface area contributed by atoms with Crippen LogP contribution < -0.4 is 0 Å². The quantitative estimate of drug-likeness (QED) is 0.127. The normalized spacial score (nSPS) is 12.1. The van der Waals surface area contributed by atoms with Gasteiger partial charge in [-0.1, -0.05) is 143 Å². The van der Waals surface area contributed by atoms with Gasteiger partial charge in [-0.25, -0.2) is 0 Å². The number of carboxylic acids is 2. The Morgan fingerprint density at radius 1 is 0.529 bits per heavy atom. The summed E-state index contributed by atoms with van der Waals surface area (Å²) in [6, 6.07) is 0. The molecule has 0 aromatic heterocycles. The molecule has 0 aliphatic rings. The van der Waals surface area contributed by atoms with E-state index in [0.717, 1.165) is 50.4 Å². The van der Waals surface area contributed by atoms with Gasteiger partial charge in [0.1, 0.15) is 0 Å². The van der Waals surface area contributed by atoms with Crippen LogP contribution in [0.1, 0.15) is 163 Å². The van der Waals surface area contributed by atoms with Crippen molar-refractivity contribution in [2.24, 2.45) is 17.3 Å². The summed E-state index contributed by atoms with van der Waals surface area (Å²) in [6.45, 7) is 9.10. The SMILES string of the molecule is CC(C)CCCCCCCCCCC(CCCCCCCCCCC(C)C)(CC(=O)O)C(=O)O. The summed E-state index contributed by atoms with van der Waals surface area (Å²) in [5.74, 6) is -0.301. The molecule has 0 saturated heterocycles. The smallest absolute Gasteiger partial charge is 0.310 e. The van der Waals surface area contributed by atoms with Crippen molar-refractivity contribution in [3.05, 3.63) is 0 Å². The fraction of sp³-hybridized carbons (Fsp3) is 0.933. The Hall–Kier alpha value is -1.06. The Balaban J connectivity index is 4.12. The van der Waals surface area contributed by atoms with Crippen LogP contribution in [0.5, 0.6) is 0 Å². The van der Waals surface area contributed by atoms with E-state index < -0.39 is 17.4 Å². The fourth-order valence-electron chi connectivity index (χ4n) is 5.03. The van der Waals surface area contributed by atoms with Crippen molar-refractivity contribution in [2.45, 2.75) is 163 Å². The monoisotopic (exact) mass is 482 g/mol. The molecule has 0 unspecified atom stereocenters. The Bertz CT molecular complexity index is 470. The number of carbonyl (C=O) groups is 2. The molecule has 4 nitrogen and oxygen atoms in total. The van der Waals surface area contributed by atoms with Crippen molar-refractivity contribution in [1.29, 1.82) is 0 Å². The standard InChI is InChI=1S/C30H58O4/c1-26(2)21-17-13-9-5-7-11-15-19-23-30(29(33)34,25-28(31)32)24-20-16-12-8-6-10-14-18-22-27(3)4/h26-27H,5-25H2,1-4H3,(H,31,32)(H,33,34). The molecule has 0 fully saturated rings. The maximum Gasteiger partial charge on any atom is 0.310 e. The largest absolute Gasteiger partial charge is 0.481 e. The summed E-state index contributed by atoms with van der Waals surface area (Å²) in [4.78, 5) is 23.6. The number of carboxylic acid groups (broad SMARTS) is 2. The second kappa shape index (κ2) is 21.2. The maximum atomic E-state index is 12.1. The molecule has 0 aromatic rings. The minimum Gasteiger partial charge on any atom is -0.481 e. The molecule has 0 rings (SSSR count). The molecule has 34 heavy (non-hydrogen) atoms. The molecule has 0 heterocycles. The lowest BCUT2D eigenvalue weighted by Gasteiger charge is -2.28. The molecule has 0 amide bonds. The Labute approximate surface area is 211 Å². The van der Waals surface area contributed by atoms with E-state index in [1.807, 2.05) is 0 Å². The van der Waals surface area contributed by atoms with Crippen LogP contribution in [0.3, 0.4) is 0 Å². The van der Waals surface area contributed by atoms with Crippen LogP contribution in [-0.4, -0.2) is 22.2 Å². The first-order valence-corrected chi connectivity index (χ1v) is 14.6. The topological polar surface area (TPSA) is 74.6 Å². The van der Waals surface area contributed by atoms with Gasteiger partial charge in [0.05, 0.1) is 11.8 Å². The highest BCUT2D eigenvalue weighted by molar-refractivity contribution is 5.81. The lowest BCUT2D eigenvalue weighted by atomic mass is 9.75. The van der Waals surface area contributed by atoms with Gasteiger partial charge in [0.15, 0.2) is 0 Å². The third kappa shape index (κ3) is 19.3. The number of unbranched alkanes of at least 4 members (excludes halogenated alkanes) is 14. The number of hydrogen-bond donors (Lipinski definition) is 2. The minimum atomic E-state index is -1.08. The van der Waals surface area contributed by atoms with Gasteiger partial charge in [-0.2, -0.15) is 0 Å². The van der Waals surface area contributed by atoms with Crippen LogP contribution in [0.4, 0.5) is 0 Å². The van der Waals surface area contributed by atoms with E-state index in [-0.39, 0.29) is 6.42 Å². The predicted molar refractivity (Wildman–Crippen MR) is 144 cm³/mol. The molecular weight excluding hydrogens is 424 g/mol. The van der Waals surface area contributed by atoms with Crippen LogP contribution in [0.15, 0.2) is 0 Å². The third-order valence-electron chi connectivity index (χ3n) is 7.32. The third-order valence-corrected chi connectivity index (χ3v) is 7.32. The summed E-state index contributed by atoms with van der Waals surface area (Å²) in [6.07, 6.45) is 22.1. The summed E-state index contributed by atoms with van der Waals surface area (Å²) in [5, 5.41) is 19.3. The molecule has 0 aliphatic heterocycles. The zero-order valence-electron chi connectivity index (χ0n) is 23.2. The lowest BCUT2D eigenvalue weighted by molar-refractivity contribution is -0.157. The molecule has 0 atom stereocenters. The van der Waals surface area contributed by atoms with Gasteiger partial charge in [-0.3, -0.25) is 9.59 Å². The van der Waals surface area contributed by atoms with Crippen molar-refractivity contribution in [3.8, 4) is 0 Å². The van der Waals surface area contributed by atoms with E-state index in [1.165, 1.54) is 77.0 Å². The van der Waals surface area contributed by atoms with Crippen molar-refractivity contribution in [2.75, 3.05) is 0 Å². The first kappa shape index (κ1) is 32.9. The van der Waals surface area contributed by atoms with Crippen molar-refractivity contribution >= 4 is 11.9 Å². The summed E-state index contributed by atoms with van der Waals surface area (Å²) in [7, 11) is 0. The Morgan fingerprint density at radius 2 is 0.824 bits per heavy atom. The van der Waals surface area contributed by atoms with E-state index in [2.05, 4.69) is 27.7 Å². The van der Waals surface area contributed by atoms with Crippen molar-refractivity contribution < 1.29 is 19.8 Å². The highest BCUT2D eigenvalue weighted by Crippen LogP contribution is 2.36. The minimum absolute atomic E-state index is 0.242. The van der Waals surface area contributed by atoms with E-state index in [1.54, 1.807) is 0 Å². The molecule has 0 aromatic carbocycles. The molecule has 202 valence electrons. The van der Waals surface area contributed by atoms with Gasteiger partial charge in [-0.15, -0.1) is 0 Å². The van der Waals surface area contributed by atoms with E-state index in [4.69, 9.17) is 0 Å². The van der Waals surface area contributed by atoms with Crippen LogP contribution in [0.25, 0.3) is 0 Å². The number of aliphatic carboxylic acids is 2. The van der Waals surface area contributed by atoms with E-state index in [0.29, 0.717) is 12.8 Å². The van der Waals surface area contributed by atoms with E-state index in [9.17, 15) is 19.8 Å². The molecule has 0 radical (unpaired) electrons. The second-order valence-corrected chi connectivity index (χ2v) is 11.7. The fourth-order valence-corrected chi connectivity index (χ4v) is 5.03. The van der Waals surface area contributed by atoms with Crippen molar-refractivity contribution in [3.63, 3.8) is 0 Å². The van der Waals surface area contributed by atoms with Gasteiger partial charge in [-0.05, 0) is 24.7 Å². The molecular formula is C30H58O4. The first-order chi connectivity index (χ1) is 16.2. The van der Waals surface area contributed by atoms with Crippen LogP contribution in [-0.2, 0) is 9.59 Å². The number of rotatable bonds is 25. The molecule has 0 aliphatic carbocycles. The average molecular weight is 483 g/mol. The Kier molecular flexibility index (Phi) is 20.6. The van der Waals surface area contributed by atoms with Crippen molar-refractivity contribution in [1.82, 2.24) is 0 Å². The highest BCUT2D eigenvalue weighted by Gasteiger charge is 2.39. The number of hydrogen-bond acceptors (Lipinski definition) is 2. The zero-order valence-corrected chi connectivity index (χ0v) is 23.2. The summed E-state index contributed by atoms with van der Waals surface area (Å²) in [5.41, 5.74) is -1.08. The van der Waals surface area contributed by atoms with Gasteiger partial charge < -0.3 is 10.2 Å². The predicted octanol–water partition coefficient (Wildman–Crippen LogP) is 9.65. The summed E-state index contributed by atoms with van der Waals surface area (Å²) < 4.78 is 0. The maximum absolute atomic E-state index is 12.1. The Morgan fingerprint density at radius 3 is 1.09 bits per heavy atom. The molecule has 4 heteroatoms. The lowest BCUT2D eigenvalue weighted by Crippen LogP contribution is -2.33. The molecule has 0 saturated carbocycles. The zero-order chi connectivity index (χ0) is 25.7. The van der Waals surface area contributed by atoms with Crippen LogP contribution in [0, 0.1) is 17.3 Å². The molecule has 0 bridgehead atoms. The molecule has 2 N–H and O–H groups in total. The highest BCUT2D eigenvalue weighted by atomic mass is 16.4. The van der Waals surface area contributed by atoms with E-state index >= 15 is 0 Å².